The molecule has 0 aliphatic carbocycles. The lowest BCUT2D eigenvalue weighted by atomic mass is 9.97. The fourth-order valence-corrected chi connectivity index (χ4v) is 2.50. The van der Waals surface area contributed by atoms with E-state index in [1.165, 1.54) is 0 Å². The molecule has 0 saturated heterocycles. The van der Waals surface area contributed by atoms with Crippen LogP contribution in [0.1, 0.15) is 20.8 Å². The molecule has 0 saturated carbocycles. The zero-order valence-electron chi connectivity index (χ0n) is 14.0. The fourth-order valence-electron chi connectivity index (χ4n) is 2.50. The summed E-state index contributed by atoms with van der Waals surface area (Å²) in [6.07, 6.45) is 3.60. The molecule has 3 aromatic rings. The van der Waals surface area contributed by atoms with Crippen molar-refractivity contribution in [3.05, 3.63) is 42.9 Å². The van der Waals surface area contributed by atoms with Crippen molar-refractivity contribution in [3.8, 4) is 11.6 Å². The molecule has 5 heteroatoms. The lowest BCUT2D eigenvalue weighted by Gasteiger charge is -2.19. The number of ether oxygens (including phenoxy) is 1. The van der Waals surface area contributed by atoms with Gasteiger partial charge in [0.25, 0.3) is 0 Å². The van der Waals surface area contributed by atoms with E-state index in [9.17, 15) is 0 Å². The van der Waals surface area contributed by atoms with Gasteiger partial charge >= 0.3 is 0 Å². The van der Waals surface area contributed by atoms with E-state index in [4.69, 9.17) is 4.74 Å². The average molecular weight is 310 g/mol. The van der Waals surface area contributed by atoms with Crippen LogP contribution in [0.5, 0.6) is 11.6 Å². The van der Waals surface area contributed by atoms with Gasteiger partial charge in [-0.25, -0.2) is 9.97 Å². The van der Waals surface area contributed by atoms with E-state index >= 15 is 0 Å². The highest BCUT2D eigenvalue weighted by Crippen LogP contribution is 2.29. The third-order valence-corrected chi connectivity index (χ3v) is 3.52. The highest BCUT2D eigenvalue weighted by molar-refractivity contribution is 5.81. The van der Waals surface area contributed by atoms with Gasteiger partial charge in [-0.1, -0.05) is 20.8 Å². The Morgan fingerprint density at radius 3 is 2.48 bits per heavy atom. The zero-order valence-corrected chi connectivity index (χ0v) is 14.0. The summed E-state index contributed by atoms with van der Waals surface area (Å²) in [4.78, 5) is 8.71. The first-order chi connectivity index (χ1) is 11.0. The Labute approximate surface area is 136 Å². The Balaban J connectivity index is 1.92. The van der Waals surface area contributed by atoms with Crippen LogP contribution >= 0.6 is 0 Å². The standard InChI is InChI=1S/C18H22N4O/c1-18(2,3)11-22-10-9-15-16(22)20-12-21-17(15)23-14-7-5-13(19-4)6-8-14/h5-10,12,19H,11H2,1-4H3. The molecule has 1 aromatic carbocycles. The van der Waals surface area contributed by atoms with Crippen molar-refractivity contribution in [1.82, 2.24) is 14.5 Å². The molecule has 120 valence electrons. The summed E-state index contributed by atoms with van der Waals surface area (Å²) in [5.41, 5.74) is 2.12. The van der Waals surface area contributed by atoms with Crippen LogP contribution < -0.4 is 10.1 Å². The van der Waals surface area contributed by atoms with Crippen LogP contribution in [0.3, 0.4) is 0 Å². The van der Waals surface area contributed by atoms with Crippen molar-refractivity contribution in [2.45, 2.75) is 27.3 Å². The second-order valence-electron chi connectivity index (χ2n) is 6.80. The maximum Gasteiger partial charge on any atom is 0.231 e. The maximum absolute atomic E-state index is 5.94. The predicted molar refractivity (Wildman–Crippen MR) is 93.0 cm³/mol. The largest absolute Gasteiger partial charge is 0.438 e. The molecule has 23 heavy (non-hydrogen) atoms. The number of benzene rings is 1. The van der Waals surface area contributed by atoms with E-state index in [-0.39, 0.29) is 5.41 Å². The van der Waals surface area contributed by atoms with Gasteiger partial charge in [0.05, 0.1) is 5.39 Å². The SMILES string of the molecule is CNc1ccc(Oc2ncnc3c2ccn3CC(C)(C)C)cc1. The number of hydrogen-bond acceptors (Lipinski definition) is 4. The third kappa shape index (κ3) is 3.44. The smallest absolute Gasteiger partial charge is 0.231 e. The van der Waals surface area contributed by atoms with E-state index < -0.39 is 0 Å². The normalized spacial score (nSPS) is 11.7. The minimum Gasteiger partial charge on any atom is -0.438 e. The zero-order chi connectivity index (χ0) is 16.4. The third-order valence-electron chi connectivity index (χ3n) is 3.52. The Kier molecular flexibility index (Phi) is 3.94. The molecule has 0 radical (unpaired) electrons. The molecule has 1 N–H and O–H groups in total. The molecule has 3 rings (SSSR count). The van der Waals surface area contributed by atoms with Crippen LogP contribution in [0.4, 0.5) is 5.69 Å². The molecule has 5 nitrogen and oxygen atoms in total. The van der Waals surface area contributed by atoms with E-state index in [1.807, 2.05) is 43.6 Å². The minimum atomic E-state index is 0.181. The van der Waals surface area contributed by atoms with E-state index in [2.05, 4.69) is 40.6 Å². The minimum absolute atomic E-state index is 0.181. The van der Waals surface area contributed by atoms with Crippen LogP contribution in [0.15, 0.2) is 42.9 Å². The topological polar surface area (TPSA) is 52.0 Å². The monoisotopic (exact) mass is 310 g/mol. The van der Waals surface area contributed by atoms with Gasteiger partial charge < -0.3 is 14.6 Å². The Morgan fingerprint density at radius 1 is 1.09 bits per heavy atom. The molecular formula is C18H22N4O. The summed E-state index contributed by atoms with van der Waals surface area (Å²) in [7, 11) is 1.89. The first kappa shape index (κ1) is 15.3. The molecule has 2 heterocycles. The molecule has 0 amide bonds. The number of hydrogen-bond donors (Lipinski definition) is 1. The van der Waals surface area contributed by atoms with Gasteiger partial charge in [-0.15, -0.1) is 0 Å². The van der Waals surface area contributed by atoms with Crippen LogP contribution in [-0.2, 0) is 6.54 Å². The molecular weight excluding hydrogens is 288 g/mol. The van der Waals surface area contributed by atoms with Crippen molar-refractivity contribution in [2.24, 2.45) is 5.41 Å². The first-order valence-electron chi connectivity index (χ1n) is 7.72. The highest BCUT2D eigenvalue weighted by Gasteiger charge is 2.15. The number of nitrogens with one attached hydrogen (secondary N) is 1. The molecule has 0 unspecified atom stereocenters. The number of rotatable bonds is 4. The Hall–Kier alpha value is -2.56. The second-order valence-corrected chi connectivity index (χ2v) is 6.80. The van der Waals surface area contributed by atoms with Gasteiger partial charge in [-0.3, -0.25) is 0 Å². The van der Waals surface area contributed by atoms with Crippen LogP contribution in [-0.4, -0.2) is 21.6 Å². The summed E-state index contributed by atoms with van der Waals surface area (Å²) in [6, 6.07) is 9.80. The molecule has 0 atom stereocenters. The van der Waals surface area contributed by atoms with Gasteiger partial charge in [0, 0.05) is 25.5 Å². The molecule has 2 aromatic heterocycles. The Bertz CT molecular complexity index is 800. The summed E-state index contributed by atoms with van der Waals surface area (Å²) in [5.74, 6) is 1.34. The molecule has 0 bridgehead atoms. The second kappa shape index (κ2) is 5.91. The predicted octanol–water partition coefficient (Wildman–Crippen LogP) is 4.31. The van der Waals surface area contributed by atoms with Crippen molar-refractivity contribution in [3.63, 3.8) is 0 Å². The number of nitrogens with zero attached hydrogens (tertiary/aromatic N) is 3. The number of aromatic nitrogens is 3. The summed E-state index contributed by atoms with van der Waals surface area (Å²) in [5, 5.41) is 4.01. The lowest BCUT2D eigenvalue weighted by Crippen LogP contribution is -2.15. The summed E-state index contributed by atoms with van der Waals surface area (Å²) in [6.45, 7) is 7.52. The highest BCUT2D eigenvalue weighted by atomic mass is 16.5. The maximum atomic E-state index is 5.94. The fraction of sp³-hybridized carbons (Fsp3) is 0.333. The lowest BCUT2D eigenvalue weighted by molar-refractivity contribution is 0.348. The van der Waals surface area contributed by atoms with Gasteiger partial charge in [0.2, 0.25) is 5.88 Å². The van der Waals surface area contributed by atoms with Crippen molar-refractivity contribution in [1.29, 1.82) is 0 Å². The summed E-state index contributed by atoms with van der Waals surface area (Å²) >= 11 is 0. The van der Waals surface area contributed by atoms with Crippen molar-refractivity contribution >= 4 is 16.7 Å². The molecule has 0 aliphatic rings. The Morgan fingerprint density at radius 2 is 1.83 bits per heavy atom. The van der Waals surface area contributed by atoms with E-state index in [0.717, 1.165) is 29.0 Å². The van der Waals surface area contributed by atoms with Gasteiger partial charge in [0.15, 0.2) is 0 Å². The van der Waals surface area contributed by atoms with Crippen LogP contribution in [0, 0.1) is 5.41 Å². The average Bonchev–Trinajstić information content (AvgIpc) is 2.90. The van der Waals surface area contributed by atoms with Crippen LogP contribution in [0.25, 0.3) is 11.0 Å². The molecule has 0 spiro atoms. The number of anilines is 1. The first-order valence-corrected chi connectivity index (χ1v) is 7.72. The number of fused-ring (bicyclic) bond motifs is 1. The van der Waals surface area contributed by atoms with E-state index in [1.54, 1.807) is 6.33 Å². The molecule has 0 aliphatic heterocycles. The summed E-state index contributed by atoms with van der Waals surface area (Å²) < 4.78 is 8.09. The molecule has 0 fully saturated rings. The van der Waals surface area contributed by atoms with Gasteiger partial charge in [0.1, 0.15) is 17.7 Å². The van der Waals surface area contributed by atoms with Gasteiger partial charge in [-0.2, -0.15) is 0 Å². The van der Waals surface area contributed by atoms with Crippen LogP contribution in [0.2, 0.25) is 0 Å². The quantitative estimate of drug-likeness (QED) is 0.780. The van der Waals surface area contributed by atoms with Crippen molar-refractivity contribution in [2.75, 3.05) is 12.4 Å². The van der Waals surface area contributed by atoms with Crippen molar-refractivity contribution < 1.29 is 4.74 Å². The van der Waals surface area contributed by atoms with Gasteiger partial charge in [-0.05, 0) is 35.7 Å². The van der Waals surface area contributed by atoms with E-state index in [0.29, 0.717) is 5.88 Å².